The molecule has 84 valence electrons. The van der Waals surface area contributed by atoms with Crippen molar-refractivity contribution in [3.05, 3.63) is 21.3 Å². The number of hydrogen-bond acceptors (Lipinski definition) is 2. The molecule has 0 radical (unpaired) electrons. The van der Waals surface area contributed by atoms with Crippen LogP contribution in [0.4, 0.5) is 0 Å². The number of halogens is 2. The Bertz CT molecular complexity index is 316. The van der Waals surface area contributed by atoms with Crippen LogP contribution in [0.3, 0.4) is 0 Å². The fourth-order valence-corrected chi connectivity index (χ4v) is 2.73. The molecule has 0 aliphatic carbocycles. The third-order valence-electron chi connectivity index (χ3n) is 1.92. The first-order chi connectivity index (χ1) is 7.25. The van der Waals surface area contributed by atoms with E-state index in [-0.39, 0.29) is 5.91 Å². The number of carbonyl (C=O) groups is 1. The van der Waals surface area contributed by atoms with Crippen LogP contribution in [0.15, 0.2) is 11.4 Å². The van der Waals surface area contributed by atoms with Gasteiger partial charge in [0.25, 0.3) is 5.91 Å². The van der Waals surface area contributed by atoms with Crippen molar-refractivity contribution in [2.75, 3.05) is 11.0 Å². The zero-order valence-electron chi connectivity index (χ0n) is 8.26. The molecule has 1 amide bonds. The molecule has 5 heteroatoms. The highest BCUT2D eigenvalue weighted by molar-refractivity contribution is 14.1. The number of hydrogen-bond donors (Lipinski definition) is 1. The molecule has 1 aromatic heterocycles. The van der Waals surface area contributed by atoms with Gasteiger partial charge in [-0.15, -0.1) is 11.3 Å². The molecule has 15 heavy (non-hydrogen) atoms. The molecule has 0 saturated carbocycles. The molecule has 1 N–H and O–H groups in total. The zero-order chi connectivity index (χ0) is 11.1. The summed E-state index contributed by atoms with van der Waals surface area (Å²) in [4.78, 5) is 12.2. The molecule has 0 fully saturated rings. The third kappa shape index (κ3) is 4.70. The zero-order valence-corrected chi connectivity index (χ0v) is 12.0. The van der Waals surface area contributed by atoms with Gasteiger partial charge in [0.2, 0.25) is 0 Å². The Morgan fingerprint density at radius 1 is 1.47 bits per heavy atom. The van der Waals surface area contributed by atoms with Crippen molar-refractivity contribution < 1.29 is 4.79 Å². The van der Waals surface area contributed by atoms with Crippen molar-refractivity contribution in [3.63, 3.8) is 0 Å². The van der Waals surface area contributed by atoms with E-state index in [2.05, 4.69) is 27.9 Å². The molecule has 0 aromatic carbocycles. The first-order valence-electron chi connectivity index (χ1n) is 4.83. The Labute approximate surface area is 113 Å². The predicted molar refractivity (Wildman–Crippen MR) is 74.4 cm³/mol. The Morgan fingerprint density at radius 2 is 2.27 bits per heavy atom. The molecule has 1 rings (SSSR count). The molecule has 0 aliphatic heterocycles. The van der Waals surface area contributed by atoms with Gasteiger partial charge in [0.1, 0.15) is 4.88 Å². The minimum atomic E-state index is -0.0514. The number of carbonyl (C=O) groups excluding carboxylic acids is 1. The van der Waals surface area contributed by atoms with Crippen molar-refractivity contribution in [2.24, 2.45) is 0 Å². The number of nitrogens with one attached hydrogen (secondary N) is 1. The minimum absolute atomic E-state index is 0.0514. The lowest BCUT2D eigenvalue weighted by molar-refractivity contribution is 0.0957. The Morgan fingerprint density at radius 3 is 2.87 bits per heavy atom. The van der Waals surface area contributed by atoms with Gasteiger partial charge in [0, 0.05) is 6.54 Å². The van der Waals surface area contributed by atoms with Crippen LogP contribution < -0.4 is 5.32 Å². The second-order valence-corrected chi connectivity index (χ2v) is 5.51. The van der Waals surface area contributed by atoms with Crippen molar-refractivity contribution in [1.82, 2.24) is 5.32 Å². The molecule has 0 atom stereocenters. The van der Waals surface area contributed by atoms with E-state index in [0.717, 1.165) is 13.0 Å². The summed E-state index contributed by atoms with van der Waals surface area (Å²) in [5.74, 6) is -0.0514. The van der Waals surface area contributed by atoms with Gasteiger partial charge in [0.15, 0.2) is 0 Å². The largest absolute Gasteiger partial charge is 0.351 e. The summed E-state index contributed by atoms with van der Waals surface area (Å²) in [5, 5.41) is 5.24. The standard InChI is InChI=1S/C10H13ClINOS/c11-8-4-7-15-9(8)10(14)13-6-3-1-2-5-12/h4,7H,1-3,5-6H2,(H,13,14). The molecular weight excluding hydrogens is 345 g/mol. The van der Waals surface area contributed by atoms with Crippen LogP contribution in [-0.4, -0.2) is 16.9 Å². The lowest BCUT2D eigenvalue weighted by Crippen LogP contribution is -2.23. The fourth-order valence-electron chi connectivity index (χ4n) is 1.13. The van der Waals surface area contributed by atoms with Gasteiger partial charge >= 0.3 is 0 Å². The molecule has 1 aromatic rings. The normalized spacial score (nSPS) is 10.3. The van der Waals surface area contributed by atoms with Gasteiger partial charge in [-0.2, -0.15) is 0 Å². The average Bonchev–Trinajstić information content (AvgIpc) is 2.64. The second-order valence-electron chi connectivity index (χ2n) is 3.10. The summed E-state index contributed by atoms with van der Waals surface area (Å²) < 4.78 is 1.18. The van der Waals surface area contributed by atoms with Crippen LogP contribution >= 0.6 is 45.5 Å². The maximum atomic E-state index is 11.6. The van der Waals surface area contributed by atoms with Crippen molar-refractivity contribution in [2.45, 2.75) is 19.3 Å². The number of amides is 1. The number of alkyl halides is 1. The monoisotopic (exact) mass is 357 g/mol. The van der Waals surface area contributed by atoms with Crippen LogP contribution in [0.2, 0.25) is 5.02 Å². The van der Waals surface area contributed by atoms with Gasteiger partial charge in [0.05, 0.1) is 5.02 Å². The van der Waals surface area contributed by atoms with E-state index >= 15 is 0 Å². The van der Waals surface area contributed by atoms with E-state index in [0.29, 0.717) is 9.90 Å². The molecular formula is C10H13ClINOS. The smallest absolute Gasteiger partial charge is 0.262 e. The topological polar surface area (TPSA) is 29.1 Å². The molecule has 2 nitrogen and oxygen atoms in total. The summed E-state index contributed by atoms with van der Waals surface area (Å²) in [6.07, 6.45) is 3.43. The summed E-state index contributed by atoms with van der Waals surface area (Å²) in [5.41, 5.74) is 0. The van der Waals surface area contributed by atoms with E-state index in [4.69, 9.17) is 11.6 Å². The molecule has 0 spiro atoms. The first kappa shape index (κ1) is 13.3. The highest BCUT2D eigenvalue weighted by atomic mass is 127. The highest BCUT2D eigenvalue weighted by Gasteiger charge is 2.10. The first-order valence-corrected chi connectivity index (χ1v) is 7.61. The van der Waals surface area contributed by atoms with E-state index in [1.165, 1.54) is 28.6 Å². The van der Waals surface area contributed by atoms with Crippen LogP contribution in [0.1, 0.15) is 28.9 Å². The second kappa shape index (κ2) is 7.46. The summed E-state index contributed by atoms with van der Waals surface area (Å²) in [6.45, 7) is 0.740. The Balaban J connectivity index is 2.22. The van der Waals surface area contributed by atoms with Gasteiger partial charge < -0.3 is 5.32 Å². The maximum Gasteiger partial charge on any atom is 0.262 e. The van der Waals surface area contributed by atoms with E-state index in [1.807, 2.05) is 5.38 Å². The maximum absolute atomic E-state index is 11.6. The minimum Gasteiger partial charge on any atom is -0.351 e. The van der Waals surface area contributed by atoms with Crippen LogP contribution in [0.25, 0.3) is 0 Å². The van der Waals surface area contributed by atoms with E-state index in [1.54, 1.807) is 6.07 Å². The van der Waals surface area contributed by atoms with E-state index in [9.17, 15) is 4.79 Å². The average molecular weight is 358 g/mol. The SMILES string of the molecule is O=C(NCCCCCI)c1sccc1Cl. The van der Waals surface area contributed by atoms with Crippen molar-refractivity contribution >= 4 is 51.4 Å². The fraction of sp³-hybridized carbons (Fsp3) is 0.500. The van der Waals surface area contributed by atoms with Gasteiger partial charge in [-0.25, -0.2) is 0 Å². The molecule has 0 unspecified atom stereocenters. The van der Waals surface area contributed by atoms with Gasteiger partial charge in [-0.1, -0.05) is 40.6 Å². The van der Waals surface area contributed by atoms with Gasteiger partial charge in [-0.3, -0.25) is 4.79 Å². The summed E-state index contributed by atoms with van der Waals surface area (Å²) in [7, 11) is 0. The molecule has 1 heterocycles. The van der Waals surface area contributed by atoms with Crippen LogP contribution in [-0.2, 0) is 0 Å². The van der Waals surface area contributed by atoms with Crippen molar-refractivity contribution in [1.29, 1.82) is 0 Å². The van der Waals surface area contributed by atoms with Crippen LogP contribution in [0.5, 0.6) is 0 Å². The highest BCUT2D eigenvalue weighted by Crippen LogP contribution is 2.21. The lowest BCUT2D eigenvalue weighted by Gasteiger charge is -2.03. The number of thiophene rings is 1. The lowest BCUT2D eigenvalue weighted by atomic mass is 10.2. The summed E-state index contributed by atoms with van der Waals surface area (Å²) >= 11 is 9.59. The van der Waals surface area contributed by atoms with Crippen molar-refractivity contribution in [3.8, 4) is 0 Å². The summed E-state index contributed by atoms with van der Waals surface area (Å²) in [6, 6.07) is 1.75. The molecule has 0 aliphatic rings. The Kier molecular flexibility index (Phi) is 6.59. The number of unbranched alkanes of at least 4 members (excludes halogenated alkanes) is 2. The quantitative estimate of drug-likeness (QED) is 0.469. The van der Waals surface area contributed by atoms with E-state index < -0.39 is 0 Å². The molecule has 0 bridgehead atoms. The Hall–Kier alpha value is 0.190. The van der Waals surface area contributed by atoms with Crippen LogP contribution in [0, 0.1) is 0 Å². The third-order valence-corrected chi connectivity index (χ3v) is 4.02. The molecule has 0 saturated heterocycles. The number of rotatable bonds is 6. The predicted octanol–water partition coefficient (Wildman–Crippen LogP) is 3.74. The van der Waals surface area contributed by atoms with Gasteiger partial charge in [-0.05, 0) is 28.7 Å².